The van der Waals surface area contributed by atoms with Gasteiger partial charge in [0.25, 0.3) is 5.89 Å². The first-order valence-electron chi connectivity index (χ1n) is 9.73. The maximum absolute atomic E-state index is 11.0. The minimum absolute atomic E-state index is 0.193. The van der Waals surface area contributed by atoms with Gasteiger partial charge in [0, 0.05) is 30.9 Å². The summed E-state index contributed by atoms with van der Waals surface area (Å²) in [6.07, 6.45) is -0.459. The number of methoxy groups -OCH3 is 2. The highest BCUT2D eigenvalue weighted by atomic mass is 16.7. The zero-order valence-corrected chi connectivity index (χ0v) is 18.2. The maximum Gasteiger partial charge on any atom is 0.335 e. The lowest BCUT2D eigenvalue weighted by Crippen LogP contribution is -2.23. The highest BCUT2D eigenvalue weighted by Crippen LogP contribution is 2.35. The molecule has 164 valence electrons. The third-order valence-electron chi connectivity index (χ3n) is 4.75. The SMILES string of the molecule is COC(COc1ccc(-c2noc(-c3ccc(C(=O)O)cc3)n2)cc1C(C)(C)C)OC. The summed E-state index contributed by atoms with van der Waals surface area (Å²) in [5.74, 6) is 0.481. The molecule has 0 unspecified atom stereocenters. The number of carboxylic acids is 1. The highest BCUT2D eigenvalue weighted by molar-refractivity contribution is 5.88. The van der Waals surface area contributed by atoms with Crippen LogP contribution in [-0.4, -0.2) is 48.3 Å². The topological polar surface area (TPSA) is 104 Å². The van der Waals surface area contributed by atoms with Gasteiger partial charge in [-0.3, -0.25) is 0 Å². The number of ether oxygens (including phenoxy) is 3. The van der Waals surface area contributed by atoms with E-state index >= 15 is 0 Å². The lowest BCUT2D eigenvalue weighted by molar-refractivity contribution is -0.122. The summed E-state index contributed by atoms with van der Waals surface area (Å²) in [7, 11) is 3.13. The Labute approximate surface area is 180 Å². The summed E-state index contributed by atoms with van der Waals surface area (Å²) < 4.78 is 21.7. The number of hydrogen-bond donors (Lipinski definition) is 1. The molecule has 0 atom stereocenters. The third kappa shape index (κ3) is 5.28. The van der Waals surface area contributed by atoms with Crippen molar-refractivity contribution in [3.8, 4) is 28.6 Å². The lowest BCUT2D eigenvalue weighted by Gasteiger charge is -2.24. The van der Waals surface area contributed by atoms with E-state index < -0.39 is 12.3 Å². The second-order valence-corrected chi connectivity index (χ2v) is 7.98. The maximum atomic E-state index is 11.0. The molecule has 31 heavy (non-hydrogen) atoms. The molecule has 0 aliphatic rings. The number of carbonyl (C=O) groups is 1. The van der Waals surface area contributed by atoms with Crippen LogP contribution in [0, 0.1) is 0 Å². The van der Waals surface area contributed by atoms with Gasteiger partial charge in [-0.25, -0.2) is 4.79 Å². The number of benzene rings is 2. The predicted molar refractivity (Wildman–Crippen MR) is 114 cm³/mol. The average molecular weight is 426 g/mol. The summed E-state index contributed by atoms with van der Waals surface area (Å²) in [6, 6.07) is 12.0. The fourth-order valence-electron chi connectivity index (χ4n) is 2.98. The smallest absolute Gasteiger partial charge is 0.335 e. The molecule has 0 aliphatic carbocycles. The zero-order valence-electron chi connectivity index (χ0n) is 18.2. The molecule has 1 N–H and O–H groups in total. The van der Waals surface area contributed by atoms with Crippen LogP contribution in [0.3, 0.4) is 0 Å². The van der Waals surface area contributed by atoms with Crippen LogP contribution in [0.15, 0.2) is 47.0 Å². The van der Waals surface area contributed by atoms with Crippen molar-refractivity contribution >= 4 is 5.97 Å². The van der Waals surface area contributed by atoms with Gasteiger partial charge in [0.05, 0.1) is 5.56 Å². The number of nitrogens with zero attached hydrogens (tertiary/aromatic N) is 2. The van der Waals surface area contributed by atoms with Crippen LogP contribution in [0.5, 0.6) is 5.75 Å². The second kappa shape index (κ2) is 9.28. The Kier molecular flexibility index (Phi) is 6.72. The molecular weight excluding hydrogens is 400 g/mol. The molecule has 0 saturated carbocycles. The van der Waals surface area contributed by atoms with Gasteiger partial charge in [-0.05, 0) is 47.9 Å². The Hall–Kier alpha value is -3.23. The molecular formula is C23H26N2O6. The largest absolute Gasteiger partial charge is 0.488 e. The molecule has 8 nitrogen and oxygen atoms in total. The van der Waals surface area contributed by atoms with E-state index in [0.29, 0.717) is 17.3 Å². The van der Waals surface area contributed by atoms with Crippen molar-refractivity contribution in [2.45, 2.75) is 32.5 Å². The van der Waals surface area contributed by atoms with E-state index in [1.807, 2.05) is 18.2 Å². The molecule has 0 saturated heterocycles. The van der Waals surface area contributed by atoms with Crippen molar-refractivity contribution in [3.63, 3.8) is 0 Å². The Balaban J connectivity index is 1.88. The van der Waals surface area contributed by atoms with Crippen molar-refractivity contribution in [2.75, 3.05) is 20.8 Å². The molecule has 3 aromatic rings. The summed E-state index contributed by atoms with van der Waals surface area (Å²) >= 11 is 0. The number of rotatable bonds is 8. The first-order chi connectivity index (χ1) is 14.7. The van der Waals surface area contributed by atoms with Crippen LogP contribution < -0.4 is 4.74 Å². The molecule has 0 fully saturated rings. The third-order valence-corrected chi connectivity index (χ3v) is 4.75. The van der Waals surface area contributed by atoms with E-state index in [4.69, 9.17) is 23.8 Å². The molecule has 0 spiro atoms. The summed E-state index contributed by atoms with van der Waals surface area (Å²) in [5.41, 5.74) is 2.40. The van der Waals surface area contributed by atoms with Crippen LogP contribution >= 0.6 is 0 Å². The van der Waals surface area contributed by atoms with Gasteiger partial charge in [-0.15, -0.1) is 0 Å². The van der Waals surface area contributed by atoms with Crippen LogP contribution in [0.25, 0.3) is 22.8 Å². The Bertz CT molecular complexity index is 1030. The van der Waals surface area contributed by atoms with E-state index in [9.17, 15) is 4.79 Å². The Morgan fingerprint density at radius 1 is 1.06 bits per heavy atom. The van der Waals surface area contributed by atoms with Gasteiger partial charge < -0.3 is 23.8 Å². The monoisotopic (exact) mass is 426 g/mol. The van der Waals surface area contributed by atoms with Crippen molar-refractivity contribution in [2.24, 2.45) is 0 Å². The molecule has 0 amide bonds. The van der Waals surface area contributed by atoms with E-state index in [0.717, 1.165) is 16.9 Å². The molecule has 0 aliphatic heterocycles. The standard InChI is InChI=1S/C23H26N2O6/c1-23(2,3)17-12-16(10-11-18(17)30-13-19(28-4)29-5)20-24-21(31-25-20)14-6-8-15(9-7-14)22(26)27/h6-12,19H,13H2,1-5H3,(H,26,27). The first kappa shape index (κ1) is 22.5. The van der Waals surface area contributed by atoms with E-state index in [1.54, 1.807) is 26.4 Å². The summed E-state index contributed by atoms with van der Waals surface area (Å²) in [5, 5.41) is 13.1. The van der Waals surface area contributed by atoms with Crippen molar-refractivity contribution < 1.29 is 28.6 Å². The number of hydrogen-bond acceptors (Lipinski definition) is 7. The van der Waals surface area contributed by atoms with Gasteiger partial charge in [0.15, 0.2) is 6.29 Å². The molecule has 2 aromatic carbocycles. The van der Waals surface area contributed by atoms with Crippen LogP contribution in [0.4, 0.5) is 0 Å². The fraction of sp³-hybridized carbons (Fsp3) is 0.348. The molecule has 8 heteroatoms. The van der Waals surface area contributed by atoms with Crippen molar-refractivity contribution in [3.05, 3.63) is 53.6 Å². The van der Waals surface area contributed by atoms with E-state index in [2.05, 4.69) is 30.9 Å². The van der Waals surface area contributed by atoms with E-state index in [1.165, 1.54) is 12.1 Å². The Morgan fingerprint density at radius 2 is 1.71 bits per heavy atom. The number of carboxylic acid groups (broad SMARTS) is 1. The molecule has 0 bridgehead atoms. The minimum Gasteiger partial charge on any atom is -0.488 e. The fourth-order valence-corrected chi connectivity index (χ4v) is 2.98. The lowest BCUT2D eigenvalue weighted by atomic mass is 9.85. The predicted octanol–water partition coefficient (Wildman–Crippen LogP) is 4.40. The molecule has 3 rings (SSSR count). The van der Waals surface area contributed by atoms with E-state index in [-0.39, 0.29) is 17.6 Å². The van der Waals surface area contributed by atoms with Crippen LogP contribution in [-0.2, 0) is 14.9 Å². The van der Waals surface area contributed by atoms with Gasteiger partial charge in [0.2, 0.25) is 5.82 Å². The molecule has 0 radical (unpaired) electrons. The Morgan fingerprint density at radius 3 is 2.29 bits per heavy atom. The van der Waals surface area contributed by atoms with Gasteiger partial charge in [-0.1, -0.05) is 25.9 Å². The van der Waals surface area contributed by atoms with Gasteiger partial charge in [-0.2, -0.15) is 4.98 Å². The summed E-state index contributed by atoms with van der Waals surface area (Å²) in [6.45, 7) is 6.53. The van der Waals surface area contributed by atoms with Crippen molar-refractivity contribution in [1.82, 2.24) is 10.1 Å². The first-order valence-corrected chi connectivity index (χ1v) is 9.73. The van der Waals surface area contributed by atoms with Crippen LogP contribution in [0.2, 0.25) is 0 Å². The minimum atomic E-state index is -0.989. The number of aromatic carboxylic acids is 1. The number of aromatic nitrogens is 2. The highest BCUT2D eigenvalue weighted by Gasteiger charge is 2.22. The second-order valence-electron chi connectivity index (χ2n) is 7.98. The quantitative estimate of drug-likeness (QED) is 0.529. The van der Waals surface area contributed by atoms with Crippen LogP contribution in [0.1, 0.15) is 36.7 Å². The zero-order chi connectivity index (χ0) is 22.6. The van der Waals surface area contributed by atoms with Gasteiger partial charge in [0.1, 0.15) is 12.4 Å². The molecule has 1 heterocycles. The van der Waals surface area contributed by atoms with Crippen molar-refractivity contribution in [1.29, 1.82) is 0 Å². The summed E-state index contributed by atoms with van der Waals surface area (Å²) in [4.78, 5) is 15.5. The van der Waals surface area contributed by atoms with Gasteiger partial charge >= 0.3 is 5.97 Å². The average Bonchev–Trinajstić information content (AvgIpc) is 3.24. The molecule has 1 aromatic heterocycles. The normalized spacial score (nSPS) is 11.7.